The molecule has 0 atom stereocenters. The van der Waals surface area contributed by atoms with E-state index in [9.17, 15) is 9.59 Å². The molecule has 6 nitrogen and oxygen atoms in total. The van der Waals surface area contributed by atoms with Gasteiger partial charge in [-0.3, -0.25) is 14.5 Å². The van der Waals surface area contributed by atoms with Crippen molar-refractivity contribution >= 4 is 17.4 Å². The van der Waals surface area contributed by atoms with Crippen LogP contribution >= 0.6 is 0 Å². The fourth-order valence-electron chi connectivity index (χ4n) is 3.66. The van der Waals surface area contributed by atoms with Crippen LogP contribution in [0.15, 0.2) is 54.2 Å². The maximum absolute atomic E-state index is 13.5. The second-order valence-electron chi connectivity index (χ2n) is 7.68. The van der Waals surface area contributed by atoms with Gasteiger partial charge in [0.05, 0.1) is 25.3 Å². The van der Waals surface area contributed by atoms with Crippen LogP contribution in [0.5, 0.6) is 0 Å². The van der Waals surface area contributed by atoms with Gasteiger partial charge in [-0.1, -0.05) is 48.5 Å². The third-order valence-electron chi connectivity index (χ3n) is 5.57. The molecule has 0 N–H and O–H groups in total. The minimum absolute atomic E-state index is 0.235. The first-order valence-electron chi connectivity index (χ1n) is 10.4. The van der Waals surface area contributed by atoms with Crippen LogP contribution in [0.4, 0.5) is 0 Å². The summed E-state index contributed by atoms with van der Waals surface area (Å²) in [6, 6.07) is 15.4. The number of benzene rings is 2. The molecule has 2 aromatic rings. The quantitative estimate of drug-likeness (QED) is 0.551. The molecular weight excluding hydrogens is 392 g/mol. The van der Waals surface area contributed by atoms with Gasteiger partial charge in [-0.2, -0.15) is 0 Å². The lowest BCUT2D eigenvalue weighted by molar-refractivity contribution is -0.138. The Kier molecular flexibility index (Phi) is 7.60. The summed E-state index contributed by atoms with van der Waals surface area (Å²) < 4.78 is 10.5. The second kappa shape index (κ2) is 10.4. The summed E-state index contributed by atoms with van der Waals surface area (Å²) in [4.78, 5) is 30.3. The van der Waals surface area contributed by atoms with Gasteiger partial charge < -0.3 is 14.4 Å². The first-order chi connectivity index (χ1) is 15.0. The van der Waals surface area contributed by atoms with E-state index < -0.39 is 0 Å². The van der Waals surface area contributed by atoms with E-state index >= 15 is 0 Å². The van der Waals surface area contributed by atoms with Crippen molar-refractivity contribution < 1.29 is 19.1 Å². The summed E-state index contributed by atoms with van der Waals surface area (Å²) in [7, 11) is 3.24. The Labute approximate surface area is 184 Å². The van der Waals surface area contributed by atoms with E-state index in [1.165, 1.54) is 4.90 Å². The maximum atomic E-state index is 13.5. The van der Waals surface area contributed by atoms with Gasteiger partial charge in [-0.25, -0.2) is 0 Å². The lowest BCUT2D eigenvalue weighted by Crippen LogP contribution is -2.37. The zero-order valence-corrected chi connectivity index (χ0v) is 18.7. The highest BCUT2D eigenvalue weighted by atomic mass is 16.5. The van der Waals surface area contributed by atoms with Crippen molar-refractivity contribution in [3.8, 4) is 0 Å². The molecule has 0 radical (unpaired) electrons. The summed E-state index contributed by atoms with van der Waals surface area (Å²) in [6.07, 6.45) is 0. The molecule has 1 heterocycles. The van der Waals surface area contributed by atoms with E-state index in [4.69, 9.17) is 9.47 Å². The van der Waals surface area contributed by atoms with Crippen LogP contribution in [0.2, 0.25) is 0 Å². The number of aryl methyl sites for hydroxylation is 2. The van der Waals surface area contributed by atoms with Crippen LogP contribution < -0.4 is 0 Å². The smallest absolute Gasteiger partial charge is 0.278 e. The Morgan fingerprint density at radius 3 is 2.06 bits per heavy atom. The average Bonchev–Trinajstić information content (AvgIpc) is 3.01. The van der Waals surface area contributed by atoms with Gasteiger partial charge in [0.25, 0.3) is 11.8 Å². The van der Waals surface area contributed by atoms with Crippen LogP contribution in [0.3, 0.4) is 0 Å². The molecule has 3 rings (SSSR count). The van der Waals surface area contributed by atoms with Crippen molar-refractivity contribution in [3.05, 3.63) is 76.5 Å². The number of rotatable bonds is 10. The SMILES string of the molecule is COCCN(CCOC)C1=C(c2ccc(C)c(C)c2)C(=O)N(Cc2ccccc2)C1=O. The lowest BCUT2D eigenvalue weighted by atomic mass is 9.99. The largest absolute Gasteiger partial charge is 0.383 e. The van der Waals surface area contributed by atoms with Crippen LogP contribution in [-0.4, -0.2) is 62.1 Å². The summed E-state index contributed by atoms with van der Waals surface area (Å²) >= 11 is 0. The molecule has 164 valence electrons. The number of hydrogen-bond acceptors (Lipinski definition) is 5. The highest BCUT2D eigenvalue weighted by molar-refractivity contribution is 6.35. The van der Waals surface area contributed by atoms with E-state index in [1.54, 1.807) is 14.2 Å². The fourth-order valence-corrected chi connectivity index (χ4v) is 3.66. The Hall–Kier alpha value is -2.96. The van der Waals surface area contributed by atoms with Crippen LogP contribution in [-0.2, 0) is 25.6 Å². The number of carbonyl (C=O) groups excluding carboxylic acids is 2. The van der Waals surface area contributed by atoms with Gasteiger partial charge >= 0.3 is 0 Å². The Morgan fingerprint density at radius 2 is 1.48 bits per heavy atom. The fraction of sp³-hybridized carbons (Fsp3) is 0.360. The van der Waals surface area contributed by atoms with Crippen molar-refractivity contribution in [2.45, 2.75) is 20.4 Å². The van der Waals surface area contributed by atoms with Crippen molar-refractivity contribution in [3.63, 3.8) is 0 Å². The zero-order valence-electron chi connectivity index (χ0n) is 18.7. The molecule has 31 heavy (non-hydrogen) atoms. The Bertz CT molecular complexity index is 961. The first kappa shape index (κ1) is 22.7. The number of ether oxygens (including phenoxy) is 2. The topological polar surface area (TPSA) is 59.1 Å². The minimum Gasteiger partial charge on any atom is -0.383 e. The predicted molar refractivity (Wildman–Crippen MR) is 120 cm³/mol. The monoisotopic (exact) mass is 422 g/mol. The molecular formula is C25H30N2O4. The summed E-state index contributed by atoms with van der Waals surface area (Å²) in [5, 5.41) is 0. The van der Waals surface area contributed by atoms with Gasteiger partial charge in [0.2, 0.25) is 0 Å². The molecule has 0 spiro atoms. The minimum atomic E-state index is -0.283. The summed E-state index contributed by atoms with van der Waals surface area (Å²) in [5.41, 5.74) is 4.73. The number of imide groups is 1. The van der Waals surface area contributed by atoms with Crippen molar-refractivity contribution in [2.75, 3.05) is 40.5 Å². The highest BCUT2D eigenvalue weighted by Crippen LogP contribution is 2.33. The molecule has 0 unspecified atom stereocenters. The third kappa shape index (κ3) is 5.03. The molecule has 2 amide bonds. The predicted octanol–water partition coefficient (Wildman–Crippen LogP) is 3.18. The van der Waals surface area contributed by atoms with Gasteiger partial charge in [-0.05, 0) is 36.1 Å². The molecule has 0 saturated heterocycles. The number of methoxy groups -OCH3 is 2. The molecule has 2 aromatic carbocycles. The molecule has 1 aliphatic rings. The Balaban J connectivity index is 2.07. The van der Waals surface area contributed by atoms with Crippen molar-refractivity contribution in [1.29, 1.82) is 0 Å². The van der Waals surface area contributed by atoms with E-state index in [1.807, 2.05) is 67.3 Å². The zero-order chi connectivity index (χ0) is 22.4. The number of amides is 2. The summed E-state index contributed by atoms with van der Waals surface area (Å²) in [6.45, 7) is 6.13. The van der Waals surface area contributed by atoms with E-state index in [-0.39, 0.29) is 18.4 Å². The standard InChI is InChI=1S/C25H30N2O4/c1-18-10-11-21(16-19(18)2)22-23(26(12-14-30-3)13-15-31-4)25(29)27(24(22)28)17-20-8-6-5-7-9-20/h5-11,16H,12-15,17H2,1-4H3. The molecule has 0 aromatic heterocycles. The maximum Gasteiger partial charge on any atom is 0.278 e. The van der Waals surface area contributed by atoms with Crippen LogP contribution in [0.1, 0.15) is 22.3 Å². The third-order valence-corrected chi connectivity index (χ3v) is 5.57. The van der Waals surface area contributed by atoms with Gasteiger partial charge in [0, 0.05) is 27.3 Å². The molecule has 0 saturated carbocycles. The normalized spacial score (nSPS) is 14.0. The number of carbonyl (C=O) groups is 2. The van der Waals surface area contributed by atoms with E-state index in [0.717, 1.165) is 22.3 Å². The van der Waals surface area contributed by atoms with Crippen LogP contribution in [0, 0.1) is 13.8 Å². The van der Waals surface area contributed by atoms with Gasteiger partial charge in [0.1, 0.15) is 5.70 Å². The van der Waals surface area contributed by atoms with E-state index in [0.29, 0.717) is 37.6 Å². The molecule has 0 bridgehead atoms. The number of nitrogens with zero attached hydrogens (tertiary/aromatic N) is 2. The second-order valence-corrected chi connectivity index (χ2v) is 7.68. The molecule has 0 fully saturated rings. The van der Waals surface area contributed by atoms with Gasteiger partial charge in [-0.15, -0.1) is 0 Å². The van der Waals surface area contributed by atoms with E-state index in [2.05, 4.69) is 0 Å². The first-order valence-corrected chi connectivity index (χ1v) is 10.4. The van der Waals surface area contributed by atoms with Crippen molar-refractivity contribution in [2.24, 2.45) is 0 Å². The Morgan fingerprint density at radius 1 is 0.839 bits per heavy atom. The molecule has 0 aliphatic carbocycles. The molecule has 1 aliphatic heterocycles. The number of hydrogen-bond donors (Lipinski definition) is 0. The lowest BCUT2D eigenvalue weighted by Gasteiger charge is -2.25. The highest BCUT2D eigenvalue weighted by Gasteiger charge is 2.41. The average molecular weight is 423 g/mol. The summed E-state index contributed by atoms with van der Waals surface area (Å²) in [5.74, 6) is -0.554. The van der Waals surface area contributed by atoms with Gasteiger partial charge in [0.15, 0.2) is 0 Å². The molecule has 6 heteroatoms. The van der Waals surface area contributed by atoms with Crippen molar-refractivity contribution in [1.82, 2.24) is 9.80 Å². The van der Waals surface area contributed by atoms with Crippen LogP contribution in [0.25, 0.3) is 5.57 Å².